The lowest BCUT2D eigenvalue weighted by atomic mass is 10.4. The van der Waals surface area contributed by atoms with Gasteiger partial charge >= 0.3 is 5.69 Å². The van der Waals surface area contributed by atoms with Crippen molar-refractivity contribution >= 4 is 0 Å². The van der Waals surface area contributed by atoms with Crippen molar-refractivity contribution in [2.45, 2.75) is 39.8 Å². The van der Waals surface area contributed by atoms with Gasteiger partial charge in [0.2, 0.25) is 5.88 Å². The standard InChI is InChI=1S/C10H16N2O2/c1-7(2)12-6-5-9(11-10(12)13)14-8(3)4/h5-8H,1-4H3. The van der Waals surface area contributed by atoms with E-state index in [1.807, 2.05) is 27.7 Å². The lowest BCUT2D eigenvalue weighted by molar-refractivity contribution is 0.230. The zero-order valence-electron chi connectivity index (χ0n) is 9.02. The lowest BCUT2D eigenvalue weighted by Gasteiger charge is -2.11. The van der Waals surface area contributed by atoms with Crippen molar-refractivity contribution in [1.82, 2.24) is 9.55 Å². The van der Waals surface area contributed by atoms with Crippen LogP contribution < -0.4 is 10.4 Å². The minimum atomic E-state index is -0.266. The molecule has 1 rings (SSSR count). The van der Waals surface area contributed by atoms with E-state index in [0.29, 0.717) is 5.88 Å². The van der Waals surface area contributed by atoms with E-state index in [4.69, 9.17) is 4.74 Å². The fourth-order valence-electron chi connectivity index (χ4n) is 1.10. The Bertz CT molecular complexity index is 355. The molecule has 0 spiro atoms. The van der Waals surface area contributed by atoms with Crippen LogP contribution in [0.4, 0.5) is 0 Å². The predicted molar refractivity (Wildman–Crippen MR) is 54.6 cm³/mol. The summed E-state index contributed by atoms with van der Waals surface area (Å²) in [6.07, 6.45) is 1.74. The van der Waals surface area contributed by atoms with Crippen LogP contribution in [0, 0.1) is 0 Å². The molecule has 1 aromatic heterocycles. The minimum Gasteiger partial charge on any atom is -0.475 e. The summed E-state index contributed by atoms with van der Waals surface area (Å²) >= 11 is 0. The Hall–Kier alpha value is -1.32. The van der Waals surface area contributed by atoms with E-state index in [1.54, 1.807) is 16.8 Å². The highest BCUT2D eigenvalue weighted by molar-refractivity contribution is 5.06. The number of hydrogen-bond acceptors (Lipinski definition) is 3. The quantitative estimate of drug-likeness (QED) is 0.737. The first-order valence-corrected chi connectivity index (χ1v) is 4.76. The van der Waals surface area contributed by atoms with Gasteiger partial charge in [-0.3, -0.25) is 4.57 Å². The molecule has 0 fully saturated rings. The lowest BCUT2D eigenvalue weighted by Crippen LogP contribution is -2.24. The van der Waals surface area contributed by atoms with E-state index < -0.39 is 0 Å². The summed E-state index contributed by atoms with van der Waals surface area (Å²) in [5.41, 5.74) is -0.266. The van der Waals surface area contributed by atoms with Crippen molar-refractivity contribution in [2.75, 3.05) is 0 Å². The van der Waals surface area contributed by atoms with E-state index in [0.717, 1.165) is 0 Å². The third kappa shape index (κ3) is 2.58. The number of ether oxygens (including phenoxy) is 1. The third-order valence-electron chi connectivity index (χ3n) is 1.72. The van der Waals surface area contributed by atoms with Gasteiger partial charge in [-0.1, -0.05) is 0 Å². The molecular weight excluding hydrogens is 180 g/mol. The maximum atomic E-state index is 11.4. The molecule has 0 aliphatic rings. The topological polar surface area (TPSA) is 44.1 Å². The fourth-order valence-corrected chi connectivity index (χ4v) is 1.10. The normalized spacial score (nSPS) is 11.0. The van der Waals surface area contributed by atoms with Gasteiger partial charge in [0.25, 0.3) is 0 Å². The van der Waals surface area contributed by atoms with Gasteiger partial charge in [-0.15, -0.1) is 0 Å². The second kappa shape index (κ2) is 4.26. The molecule has 0 saturated carbocycles. The van der Waals surface area contributed by atoms with Gasteiger partial charge < -0.3 is 4.74 Å². The molecule has 0 aromatic carbocycles. The zero-order chi connectivity index (χ0) is 10.7. The van der Waals surface area contributed by atoms with Crippen LogP contribution in [-0.2, 0) is 0 Å². The molecule has 0 aliphatic carbocycles. The molecule has 1 aromatic rings. The Morgan fingerprint density at radius 1 is 1.36 bits per heavy atom. The Morgan fingerprint density at radius 2 is 2.00 bits per heavy atom. The zero-order valence-corrected chi connectivity index (χ0v) is 9.02. The molecule has 1 heterocycles. The van der Waals surface area contributed by atoms with E-state index in [1.165, 1.54) is 0 Å². The van der Waals surface area contributed by atoms with Gasteiger partial charge in [-0.05, 0) is 27.7 Å². The van der Waals surface area contributed by atoms with Gasteiger partial charge in [0.15, 0.2) is 0 Å². The van der Waals surface area contributed by atoms with E-state index in [9.17, 15) is 4.79 Å². The smallest absolute Gasteiger partial charge is 0.351 e. The van der Waals surface area contributed by atoms with Gasteiger partial charge in [0.1, 0.15) is 0 Å². The monoisotopic (exact) mass is 196 g/mol. The maximum absolute atomic E-state index is 11.4. The Morgan fingerprint density at radius 3 is 2.43 bits per heavy atom. The Balaban J connectivity index is 2.95. The SMILES string of the molecule is CC(C)Oc1ccn(C(C)C)c(=O)n1. The first kappa shape index (κ1) is 10.8. The van der Waals surface area contributed by atoms with Crippen LogP contribution in [0.15, 0.2) is 17.1 Å². The van der Waals surface area contributed by atoms with Gasteiger partial charge in [-0.2, -0.15) is 4.98 Å². The molecule has 0 N–H and O–H groups in total. The van der Waals surface area contributed by atoms with Crippen molar-refractivity contribution in [3.63, 3.8) is 0 Å². The second-order valence-electron chi connectivity index (χ2n) is 3.72. The average Bonchev–Trinajstić information content (AvgIpc) is 2.01. The van der Waals surface area contributed by atoms with E-state index in [-0.39, 0.29) is 17.8 Å². The minimum absolute atomic E-state index is 0.0387. The molecule has 4 nitrogen and oxygen atoms in total. The van der Waals surface area contributed by atoms with Gasteiger partial charge in [-0.25, -0.2) is 4.79 Å². The molecule has 4 heteroatoms. The van der Waals surface area contributed by atoms with Crippen molar-refractivity contribution < 1.29 is 4.74 Å². The van der Waals surface area contributed by atoms with E-state index in [2.05, 4.69) is 4.98 Å². The summed E-state index contributed by atoms with van der Waals surface area (Å²) in [4.78, 5) is 15.3. The van der Waals surface area contributed by atoms with Crippen LogP contribution in [0.2, 0.25) is 0 Å². The van der Waals surface area contributed by atoms with Crippen LogP contribution in [-0.4, -0.2) is 15.7 Å². The predicted octanol–water partition coefficient (Wildman–Crippen LogP) is 1.61. The molecule has 0 radical (unpaired) electrons. The number of nitrogens with zero attached hydrogens (tertiary/aromatic N) is 2. The molecule has 0 atom stereocenters. The summed E-state index contributed by atoms with van der Waals surface area (Å²) in [5.74, 6) is 0.391. The third-order valence-corrected chi connectivity index (χ3v) is 1.72. The first-order valence-electron chi connectivity index (χ1n) is 4.76. The molecule has 14 heavy (non-hydrogen) atoms. The number of hydrogen-bond donors (Lipinski definition) is 0. The highest BCUT2D eigenvalue weighted by atomic mass is 16.5. The van der Waals surface area contributed by atoms with Crippen LogP contribution in [0.25, 0.3) is 0 Å². The molecule has 0 amide bonds. The van der Waals surface area contributed by atoms with Gasteiger partial charge in [0.05, 0.1) is 6.10 Å². The fraction of sp³-hybridized carbons (Fsp3) is 0.600. The molecule has 0 bridgehead atoms. The van der Waals surface area contributed by atoms with Gasteiger partial charge in [0, 0.05) is 18.3 Å². The summed E-state index contributed by atoms with van der Waals surface area (Å²) in [5, 5.41) is 0. The van der Waals surface area contributed by atoms with Crippen molar-refractivity contribution in [3.8, 4) is 5.88 Å². The number of aromatic nitrogens is 2. The molecule has 0 unspecified atom stereocenters. The Kier molecular flexibility index (Phi) is 3.28. The molecule has 78 valence electrons. The van der Waals surface area contributed by atoms with Crippen molar-refractivity contribution in [2.24, 2.45) is 0 Å². The van der Waals surface area contributed by atoms with Crippen LogP contribution in [0.5, 0.6) is 5.88 Å². The highest BCUT2D eigenvalue weighted by Crippen LogP contribution is 2.06. The average molecular weight is 196 g/mol. The summed E-state index contributed by atoms with van der Waals surface area (Å²) < 4.78 is 6.87. The summed E-state index contributed by atoms with van der Waals surface area (Å²) in [6, 6.07) is 1.84. The van der Waals surface area contributed by atoms with Crippen molar-refractivity contribution in [3.05, 3.63) is 22.7 Å². The van der Waals surface area contributed by atoms with Crippen LogP contribution in [0.1, 0.15) is 33.7 Å². The van der Waals surface area contributed by atoms with E-state index >= 15 is 0 Å². The maximum Gasteiger partial charge on any atom is 0.351 e. The summed E-state index contributed by atoms with van der Waals surface area (Å²) in [7, 11) is 0. The second-order valence-corrected chi connectivity index (χ2v) is 3.72. The molecule has 0 aliphatic heterocycles. The largest absolute Gasteiger partial charge is 0.475 e. The molecular formula is C10H16N2O2. The molecule has 0 saturated heterocycles. The highest BCUT2D eigenvalue weighted by Gasteiger charge is 2.04. The van der Waals surface area contributed by atoms with Crippen molar-refractivity contribution in [1.29, 1.82) is 0 Å². The summed E-state index contributed by atoms with van der Waals surface area (Å²) in [6.45, 7) is 7.67. The Labute approximate surface area is 83.5 Å². The number of rotatable bonds is 3. The first-order chi connectivity index (χ1) is 6.50. The van der Waals surface area contributed by atoms with Crippen LogP contribution >= 0.6 is 0 Å². The van der Waals surface area contributed by atoms with Crippen LogP contribution in [0.3, 0.4) is 0 Å².